The fraction of sp³-hybridized carbons (Fsp3) is 0.714. The molecule has 0 aromatic heterocycles. The van der Waals surface area contributed by atoms with Gasteiger partial charge in [0.1, 0.15) is 0 Å². The van der Waals surface area contributed by atoms with Gasteiger partial charge in [-0.15, -0.1) is 0 Å². The molecule has 1 rings (SSSR count). The number of rotatable bonds is 5. The molecule has 0 saturated carbocycles. The van der Waals surface area contributed by atoms with Gasteiger partial charge in [0.15, 0.2) is 12.2 Å². The summed E-state index contributed by atoms with van der Waals surface area (Å²) in [5.41, 5.74) is 5.21. The number of primary amides is 1. The van der Waals surface area contributed by atoms with E-state index in [2.05, 4.69) is 0 Å². The minimum absolute atomic E-state index is 0.277. The summed E-state index contributed by atoms with van der Waals surface area (Å²) in [4.78, 5) is 45.2. The SMILES string of the molecule is CC(=O)OC1O[C@H](C)[C@@H](OC(C)=O)[C@H](OC(C)=O)[C@H]1CC(N)=O. The maximum atomic E-state index is 11.4. The zero-order valence-electron chi connectivity index (χ0n) is 13.4. The molecule has 1 aliphatic rings. The van der Waals surface area contributed by atoms with Crippen molar-refractivity contribution >= 4 is 23.8 Å². The summed E-state index contributed by atoms with van der Waals surface area (Å²) in [5, 5.41) is 0. The summed E-state index contributed by atoms with van der Waals surface area (Å²) in [6, 6.07) is 0. The van der Waals surface area contributed by atoms with Crippen LogP contribution in [0.4, 0.5) is 0 Å². The third kappa shape index (κ3) is 5.51. The molecule has 1 aliphatic heterocycles. The Bertz CT molecular complexity index is 491. The van der Waals surface area contributed by atoms with Gasteiger partial charge in [-0.25, -0.2) is 0 Å². The van der Waals surface area contributed by atoms with Crippen LogP contribution in [0.3, 0.4) is 0 Å². The predicted octanol–water partition coefficient (Wildman–Crippen LogP) is -0.351. The van der Waals surface area contributed by atoms with Crippen LogP contribution in [0.2, 0.25) is 0 Å². The van der Waals surface area contributed by atoms with E-state index in [4.69, 9.17) is 24.7 Å². The van der Waals surface area contributed by atoms with E-state index in [1.54, 1.807) is 6.92 Å². The molecule has 1 unspecified atom stereocenters. The lowest BCUT2D eigenvalue weighted by molar-refractivity contribution is -0.275. The largest absolute Gasteiger partial charge is 0.458 e. The zero-order valence-corrected chi connectivity index (χ0v) is 13.4. The first-order valence-electron chi connectivity index (χ1n) is 7.07. The zero-order chi connectivity index (χ0) is 17.7. The first-order valence-corrected chi connectivity index (χ1v) is 7.07. The third-order valence-corrected chi connectivity index (χ3v) is 3.23. The van der Waals surface area contributed by atoms with Crippen molar-refractivity contribution in [3.05, 3.63) is 0 Å². The molecule has 0 spiro atoms. The van der Waals surface area contributed by atoms with Crippen molar-refractivity contribution in [1.29, 1.82) is 0 Å². The normalized spacial score (nSPS) is 30.2. The molecule has 2 N–H and O–H groups in total. The average Bonchev–Trinajstić information content (AvgIpc) is 2.36. The summed E-state index contributed by atoms with van der Waals surface area (Å²) < 4.78 is 20.9. The lowest BCUT2D eigenvalue weighted by Crippen LogP contribution is -2.58. The van der Waals surface area contributed by atoms with Crippen molar-refractivity contribution in [2.45, 2.75) is 58.7 Å². The molecule has 130 valence electrons. The molecule has 1 heterocycles. The standard InChI is InChI=1S/C14H21NO8/c1-6-12(21-7(2)16)13(22-8(3)17)10(5-11(15)19)14(20-6)23-9(4)18/h6,10,12-14H,5H2,1-4H3,(H2,15,19)/t6-,10-,12-,13-,14?/m1/s1. The maximum Gasteiger partial charge on any atom is 0.304 e. The highest BCUT2D eigenvalue weighted by Crippen LogP contribution is 2.33. The molecule has 1 saturated heterocycles. The van der Waals surface area contributed by atoms with Gasteiger partial charge in [0.25, 0.3) is 0 Å². The highest BCUT2D eigenvalue weighted by atomic mass is 16.7. The van der Waals surface area contributed by atoms with Gasteiger partial charge in [-0.05, 0) is 6.92 Å². The molecule has 23 heavy (non-hydrogen) atoms. The summed E-state index contributed by atoms with van der Waals surface area (Å²) >= 11 is 0. The lowest BCUT2D eigenvalue weighted by atomic mass is 9.88. The Morgan fingerprint density at radius 1 is 0.913 bits per heavy atom. The van der Waals surface area contributed by atoms with Crippen molar-refractivity contribution in [2.75, 3.05) is 0 Å². The number of ether oxygens (including phenoxy) is 4. The van der Waals surface area contributed by atoms with Gasteiger partial charge in [-0.1, -0.05) is 0 Å². The number of amides is 1. The van der Waals surface area contributed by atoms with Crippen molar-refractivity contribution in [2.24, 2.45) is 11.7 Å². The highest BCUT2D eigenvalue weighted by molar-refractivity contribution is 5.74. The average molecular weight is 331 g/mol. The molecule has 5 atom stereocenters. The predicted molar refractivity (Wildman–Crippen MR) is 74.5 cm³/mol. The Balaban J connectivity index is 3.15. The molecular formula is C14H21NO8. The second kappa shape index (κ2) is 7.91. The van der Waals surface area contributed by atoms with E-state index in [-0.39, 0.29) is 6.42 Å². The Kier molecular flexibility index (Phi) is 6.49. The highest BCUT2D eigenvalue weighted by Gasteiger charge is 2.50. The summed E-state index contributed by atoms with van der Waals surface area (Å²) in [6.07, 6.45) is -4.13. The Morgan fingerprint density at radius 2 is 1.39 bits per heavy atom. The van der Waals surface area contributed by atoms with Gasteiger partial charge < -0.3 is 24.7 Å². The van der Waals surface area contributed by atoms with Crippen LogP contribution in [0.1, 0.15) is 34.1 Å². The lowest BCUT2D eigenvalue weighted by Gasteiger charge is -2.43. The fourth-order valence-electron chi connectivity index (χ4n) is 2.48. The molecule has 1 amide bonds. The van der Waals surface area contributed by atoms with E-state index in [1.807, 2.05) is 0 Å². The monoisotopic (exact) mass is 331 g/mol. The number of carbonyl (C=O) groups is 4. The number of nitrogens with two attached hydrogens (primary N) is 1. The van der Waals surface area contributed by atoms with Gasteiger partial charge >= 0.3 is 17.9 Å². The second-order valence-electron chi connectivity index (χ2n) is 5.30. The smallest absolute Gasteiger partial charge is 0.304 e. The van der Waals surface area contributed by atoms with Crippen molar-refractivity contribution in [3.8, 4) is 0 Å². The van der Waals surface area contributed by atoms with E-state index in [1.165, 1.54) is 20.8 Å². The van der Waals surface area contributed by atoms with Gasteiger partial charge in [-0.3, -0.25) is 19.2 Å². The van der Waals surface area contributed by atoms with Crippen molar-refractivity contribution < 1.29 is 38.1 Å². The first-order chi connectivity index (χ1) is 10.6. The van der Waals surface area contributed by atoms with E-state index >= 15 is 0 Å². The van der Waals surface area contributed by atoms with E-state index in [9.17, 15) is 19.2 Å². The van der Waals surface area contributed by atoms with E-state index < -0.39 is 54.3 Å². The Labute approximate surface area is 133 Å². The third-order valence-electron chi connectivity index (χ3n) is 3.23. The first kappa shape index (κ1) is 18.9. The molecule has 0 aliphatic carbocycles. The van der Waals surface area contributed by atoms with Crippen LogP contribution in [0.15, 0.2) is 0 Å². The van der Waals surface area contributed by atoms with E-state index in [0.29, 0.717) is 0 Å². The number of hydrogen-bond donors (Lipinski definition) is 1. The molecule has 0 aromatic rings. The van der Waals surface area contributed by atoms with Crippen LogP contribution < -0.4 is 5.73 Å². The Hall–Kier alpha value is -2.16. The van der Waals surface area contributed by atoms with Crippen LogP contribution >= 0.6 is 0 Å². The van der Waals surface area contributed by atoms with Gasteiger partial charge in [0, 0.05) is 27.2 Å². The number of hydrogen-bond acceptors (Lipinski definition) is 8. The molecule has 9 nitrogen and oxygen atoms in total. The van der Waals surface area contributed by atoms with Crippen LogP contribution in [0, 0.1) is 5.92 Å². The molecule has 9 heteroatoms. The maximum absolute atomic E-state index is 11.4. The summed E-state index contributed by atoms with van der Waals surface area (Å²) in [7, 11) is 0. The van der Waals surface area contributed by atoms with Gasteiger partial charge in [0.05, 0.1) is 12.0 Å². The molecule has 0 aromatic carbocycles. The van der Waals surface area contributed by atoms with Gasteiger partial charge in [0.2, 0.25) is 12.2 Å². The minimum atomic E-state index is -1.15. The summed E-state index contributed by atoms with van der Waals surface area (Å²) in [6.45, 7) is 5.11. The number of carbonyl (C=O) groups excluding carboxylic acids is 4. The van der Waals surface area contributed by atoms with Crippen LogP contribution in [0.25, 0.3) is 0 Å². The van der Waals surface area contributed by atoms with Crippen LogP contribution in [-0.4, -0.2) is 48.4 Å². The topological polar surface area (TPSA) is 131 Å². The molecule has 1 fully saturated rings. The molecular weight excluding hydrogens is 310 g/mol. The minimum Gasteiger partial charge on any atom is -0.458 e. The summed E-state index contributed by atoms with van der Waals surface area (Å²) in [5.74, 6) is -3.47. The fourth-order valence-corrected chi connectivity index (χ4v) is 2.48. The van der Waals surface area contributed by atoms with E-state index in [0.717, 1.165) is 0 Å². The van der Waals surface area contributed by atoms with Crippen molar-refractivity contribution in [1.82, 2.24) is 0 Å². The van der Waals surface area contributed by atoms with Crippen LogP contribution in [0.5, 0.6) is 0 Å². The quantitative estimate of drug-likeness (QED) is 0.534. The molecule has 0 bridgehead atoms. The van der Waals surface area contributed by atoms with Crippen molar-refractivity contribution in [3.63, 3.8) is 0 Å². The van der Waals surface area contributed by atoms with Gasteiger partial charge in [-0.2, -0.15) is 0 Å². The molecule has 0 radical (unpaired) electrons. The Morgan fingerprint density at radius 3 is 1.83 bits per heavy atom. The second-order valence-corrected chi connectivity index (χ2v) is 5.30. The van der Waals surface area contributed by atoms with Crippen LogP contribution in [-0.2, 0) is 38.1 Å². The number of esters is 3.